The summed E-state index contributed by atoms with van der Waals surface area (Å²) < 4.78 is 0. The van der Waals surface area contributed by atoms with E-state index in [2.05, 4.69) is 9.97 Å². The standard InChI is InChI=1S/C6H5ClN2S/c7-5-4-1-2-10-6(4)9-3-8-5/h3H,1-2H2. The first-order valence-corrected chi connectivity index (χ1v) is 4.36. The van der Waals surface area contributed by atoms with Gasteiger partial charge in [0.05, 0.1) is 0 Å². The second-order valence-corrected chi connectivity index (χ2v) is 3.49. The van der Waals surface area contributed by atoms with Crippen LogP contribution in [0.3, 0.4) is 0 Å². The molecule has 0 unspecified atom stereocenters. The number of nitrogens with zero attached hydrogens (tertiary/aromatic N) is 2. The Morgan fingerprint density at radius 2 is 2.40 bits per heavy atom. The summed E-state index contributed by atoms with van der Waals surface area (Å²) in [7, 11) is 0. The molecule has 0 saturated carbocycles. The van der Waals surface area contributed by atoms with Gasteiger partial charge in [0.2, 0.25) is 0 Å². The number of hydrogen-bond acceptors (Lipinski definition) is 3. The van der Waals surface area contributed by atoms with Gasteiger partial charge in [0.1, 0.15) is 16.5 Å². The maximum Gasteiger partial charge on any atom is 0.136 e. The van der Waals surface area contributed by atoms with Crippen LogP contribution < -0.4 is 0 Å². The number of fused-ring (bicyclic) bond motifs is 1. The van der Waals surface area contributed by atoms with Crippen molar-refractivity contribution < 1.29 is 0 Å². The predicted molar refractivity (Wildman–Crippen MR) is 41.5 cm³/mol. The molecule has 1 aliphatic heterocycles. The van der Waals surface area contributed by atoms with Crippen LogP contribution in [0.15, 0.2) is 11.4 Å². The van der Waals surface area contributed by atoms with Gasteiger partial charge in [-0.05, 0) is 6.42 Å². The Morgan fingerprint density at radius 3 is 3.20 bits per heavy atom. The van der Waals surface area contributed by atoms with Crippen molar-refractivity contribution in [2.24, 2.45) is 0 Å². The van der Waals surface area contributed by atoms with Gasteiger partial charge in [0.25, 0.3) is 0 Å². The van der Waals surface area contributed by atoms with E-state index in [0.717, 1.165) is 22.8 Å². The van der Waals surface area contributed by atoms with Gasteiger partial charge in [-0.3, -0.25) is 0 Å². The van der Waals surface area contributed by atoms with Crippen LogP contribution in [0.25, 0.3) is 0 Å². The van der Waals surface area contributed by atoms with Gasteiger partial charge < -0.3 is 0 Å². The molecule has 10 heavy (non-hydrogen) atoms. The van der Waals surface area contributed by atoms with E-state index in [1.165, 1.54) is 6.33 Å². The molecule has 0 atom stereocenters. The molecule has 52 valence electrons. The minimum absolute atomic E-state index is 0.620. The van der Waals surface area contributed by atoms with Crippen molar-refractivity contribution in [3.8, 4) is 0 Å². The van der Waals surface area contributed by atoms with Gasteiger partial charge in [-0.25, -0.2) is 9.97 Å². The first-order chi connectivity index (χ1) is 4.88. The van der Waals surface area contributed by atoms with E-state index in [4.69, 9.17) is 11.6 Å². The highest BCUT2D eigenvalue weighted by atomic mass is 35.5. The fourth-order valence-electron chi connectivity index (χ4n) is 0.960. The van der Waals surface area contributed by atoms with Gasteiger partial charge in [0, 0.05) is 11.3 Å². The van der Waals surface area contributed by atoms with E-state index in [1.807, 2.05) is 0 Å². The molecule has 0 aromatic carbocycles. The molecular formula is C6H5ClN2S. The lowest BCUT2D eigenvalue weighted by molar-refractivity contribution is 0.983. The monoisotopic (exact) mass is 172 g/mol. The fourth-order valence-corrected chi connectivity index (χ4v) is 2.24. The molecule has 2 heterocycles. The van der Waals surface area contributed by atoms with Crippen molar-refractivity contribution in [3.05, 3.63) is 17.0 Å². The quantitative estimate of drug-likeness (QED) is 0.558. The number of rotatable bonds is 0. The average molecular weight is 173 g/mol. The minimum Gasteiger partial charge on any atom is -0.230 e. The second-order valence-electron chi connectivity index (χ2n) is 2.05. The number of thioether (sulfide) groups is 1. The molecule has 0 bridgehead atoms. The van der Waals surface area contributed by atoms with Crippen LogP contribution in [0, 0.1) is 0 Å². The summed E-state index contributed by atoms with van der Waals surface area (Å²) in [6.07, 6.45) is 2.53. The maximum absolute atomic E-state index is 5.81. The van der Waals surface area contributed by atoms with Crippen LogP contribution in [-0.4, -0.2) is 15.7 Å². The molecule has 0 N–H and O–H groups in total. The van der Waals surface area contributed by atoms with Crippen molar-refractivity contribution in [1.82, 2.24) is 9.97 Å². The lowest BCUT2D eigenvalue weighted by atomic mass is 10.3. The molecule has 0 radical (unpaired) electrons. The summed E-state index contributed by atoms with van der Waals surface area (Å²) >= 11 is 7.55. The van der Waals surface area contributed by atoms with Crippen molar-refractivity contribution in [2.75, 3.05) is 5.75 Å². The lowest BCUT2D eigenvalue weighted by Gasteiger charge is -1.95. The Labute approximate surface area is 68.0 Å². The summed E-state index contributed by atoms with van der Waals surface area (Å²) in [6.45, 7) is 0. The molecule has 0 aliphatic carbocycles. The molecule has 0 spiro atoms. The highest BCUT2D eigenvalue weighted by Crippen LogP contribution is 2.31. The van der Waals surface area contributed by atoms with Crippen LogP contribution in [0.4, 0.5) is 0 Å². The topological polar surface area (TPSA) is 25.8 Å². The van der Waals surface area contributed by atoms with E-state index in [9.17, 15) is 0 Å². The molecule has 1 aromatic rings. The molecular weight excluding hydrogens is 168 g/mol. The zero-order valence-corrected chi connectivity index (χ0v) is 6.74. The molecule has 0 amide bonds. The molecule has 0 saturated heterocycles. The van der Waals surface area contributed by atoms with Crippen LogP contribution in [0.5, 0.6) is 0 Å². The fraction of sp³-hybridized carbons (Fsp3) is 0.333. The van der Waals surface area contributed by atoms with Crippen molar-refractivity contribution in [3.63, 3.8) is 0 Å². The summed E-state index contributed by atoms with van der Waals surface area (Å²) in [5.41, 5.74) is 1.12. The van der Waals surface area contributed by atoms with Crippen LogP contribution >= 0.6 is 23.4 Å². The summed E-state index contributed by atoms with van der Waals surface area (Å²) in [5.74, 6) is 1.09. The molecule has 0 fully saturated rings. The average Bonchev–Trinajstić information content (AvgIpc) is 2.36. The first kappa shape index (κ1) is 6.43. The third kappa shape index (κ3) is 0.896. The highest BCUT2D eigenvalue weighted by molar-refractivity contribution is 7.99. The minimum atomic E-state index is 0.620. The Balaban J connectivity index is 2.59. The number of aromatic nitrogens is 2. The van der Waals surface area contributed by atoms with Gasteiger partial charge in [-0.2, -0.15) is 0 Å². The van der Waals surface area contributed by atoms with Gasteiger partial charge in [-0.1, -0.05) is 11.6 Å². The molecule has 1 aliphatic rings. The van der Waals surface area contributed by atoms with Crippen molar-refractivity contribution in [1.29, 1.82) is 0 Å². The largest absolute Gasteiger partial charge is 0.230 e. The van der Waals surface area contributed by atoms with Gasteiger partial charge in [0.15, 0.2) is 0 Å². The van der Waals surface area contributed by atoms with Crippen LogP contribution in [0.2, 0.25) is 5.15 Å². The number of halogens is 1. The van der Waals surface area contributed by atoms with E-state index in [1.54, 1.807) is 11.8 Å². The Morgan fingerprint density at radius 1 is 1.50 bits per heavy atom. The maximum atomic E-state index is 5.81. The van der Waals surface area contributed by atoms with Gasteiger partial charge in [-0.15, -0.1) is 11.8 Å². The molecule has 2 nitrogen and oxygen atoms in total. The second kappa shape index (κ2) is 2.40. The summed E-state index contributed by atoms with van der Waals surface area (Å²) in [4.78, 5) is 7.98. The molecule has 2 rings (SSSR count). The third-order valence-corrected chi connectivity index (χ3v) is 2.80. The van der Waals surface area contributed by atoms with E-state index >= 15 is 0 Å². The SMILES string of the molecule is Clc1ncnc2c1CCS2. The van der Waals surface area contributed by atoms with E-state index in [-0.39, 0.29) is 0 Å². The molecule has 1 aromatic heterocycles. The normalized spacial score (nSPS) is 15.3. The zero-order valence-electron chi connectivity index (χ0n) is 5.17. The smallest absolute Gasteiger partial charge is 0.136 e. The zero-order chi connectivity index (χ0) is 6.97. The Hall–Kier alpha value is -0.280. The van der Waals surface area contributed by atoms with Crippen molar-refractivity contribution in [2.45, 2.75) is 11.4 Å². The third-order valence-electron chi connectivity index (χ3n) is 1.44. The summed E-state index contributed by atoms with van der Waals surface area (Å²) in [6, 6.07) is 0. The van der Waals surface area contributed by atoms with Crippen LogP contribution in [0.1, 0.15) is 5.56 Å². The highest BCUT2D eigenvalue weighted by Gasteiger charge is 2.15. The van der Waals surface area contributed by atoms with Gasteiger partial charge >= 0.3 is 0 Å². The molecule has 4 heteroatoms. The van der Waals surface area contributed by atoms with E-state index in [0.29, 0.717) is 5.15 Å². The Bertz CT molecular complexity index is 264. The Kier molecular flexibility index (Phi) is 1.54. The summed E-state index contributed by atoms with van der Waals surface area (Å²) in [5, 5.41) is 1.68. The predicted octanol–water partition coefficient (Wildman–Crippen LogP) is 1.78. The van der Waals surface area contributed by atoms with E-state index < -0.39 is 0 Å². The van der Waals surface area contributed by atoms with Crippen LogP contribution in [-0.2, 0) is 6.42 Å². The number of hydrogen-bond donors (Lipinski definition) is 0. The van der Waals surface area contributed by atoms with Crippen molar-refractivity contribution >= 4 is 23.4 Å². The lowest BCUT2D eigenvalue weighted by Crippen LogP contribution is -1.87. The first-order valence-electron chi connectivity index (χ1n) is 3.00.